The van der Waals surface area contributed by atoms with Crippen molar-refractivity contribution in [2.75, 3.05) is 31.7 Å². The lowest BCUT2D eigenvalue weighted by molar-refractivity contribution is 0.199. The Morgan fingerprint density at radius 3 is 2.79 bits per heavy atom. The number of nitrogens with zero attached hydrogens (tertiary/aromatic N) is 1. The second kappa shape index (κ2) is 7.13. The summed E-state index contributed by atoms with van der Waals surface area (Å²) < 4.78 is 5.01. The highest BCUT2D eigenvalue weighted by atomic mass is 35.5. The van der Waals surface area contributed by atoms with Gasteiger partial charge in [-0.05, 0) is 37.5 Å². The van der Waals surface area contributed by atoms with Gasteiger partial charge in [0.1, 0.15) is 0 Å². The molecule has 0 amide bonds. The molecule has 19 heavy (non-hydrogen) atoms. The van der Waals surface area contributed by atoms with Crippen molar-refractivity contribution >= 4 is 17.3 Å². The van der Waals surface area contributed by atoms with E-state index in [4.69, 9.17) is 16.3 Å². The van der Waals surface area contributed by atoms with Crippen LogP contribution in [-0.2, 0) is 11.3 Å². The Bertz CT molecular complexity index is 407. The highest BCUT2D eigenvalue weighted by molar-refractivity contribution is 6.31. The summed E-state index contributed by atoms with van der Waals surface area (Å²) in [6.07, 6.45) is 2.62. The fourth-order valence-electron chi connectivity index (χ4n) is 2.29. The standard InChI is InChI=1S/C15H23ClN2O/c1-3-18(13-6-7-13)14-5-4-12(15(16)10-14)11-17-8-9-19-2/h4-5,10,13,17H,3,6-9,11H2,1-2H3. The minimum atomic E-state index is 0.723. The van der Waals surface area contributed by atoms with Gasteiger partial charge in [0.2, 0.25) is 0 Å². The average molecular weight is 283 g/mol. The maximum atomic E-state index is 6.37. The summed E-state index contributed by atoms with van der Waals surface area (Å²) in [5.74, 6) is 0. The van der Waals surface area contributed by atoms with Gasteiger partial charge < -0.3 is 15.0 Å². The number of halogens is 1. The molecule has 0 bridgehead atoms. The topological polar surface area (TPSA) is 24.5 Å². The number of benzene rings is 1. The van der Waals surface area contributed by atoms with Crippen LogP contribution in [0.5, 0.6) is 0 Å². The number of methoxy groups -OCH3 is 1. The first kappa shape index (κ1) is 14.6. The second-order valence-corrected chi connectivity index (χ2v) is 5.37. The summed E-state index contributed by atoms with van der Waals surface area (Å²) >= 11 is 6.37. The first-order valence-electron chi connectivity index (χ1n) is 7.01. The summed E-state index contributed by atoms with van der Waals surface area (Å²) in [5, 5.41) is 4.17. The van der Waals surface area contributed by atoms with E-state index >= 15 is 0 Å². The second-order valence-electron chi connectivity index (χ2n) is 4.96. The van der Waals surface area contributed by atoms with Crippen LogP contribution in [0.25, 0.3) is 0 Å². The number of ether oxygens (including phenoxy) is 1. The third-order valence-electron chi connectivity index (χ3n) is 3.50. The van der Waals surface area contributed by atoms with Crippen molar-refractivity contribution in [3.05, 3.63) is 28.8 Å². The van der Waals surface area contributed by atoms with Gasteiger partial charge in [-0.3, -0.25) is 0 Å². The molecule has 0 spiro atoms. The molecule has 0 radical (unpaired) electrons. The summed E-state index contributed by atoms with van der Waals surface area (Å²) in [7, 11) is 1.71. The predicted molar refractivity (Wildman–Crippen MR) is 81.1 cm³/mol. The van der Waals surface area contributed by atoms with Crippen LogP contribution in [0.15, 0.2) is 18.2 Å². The molecular formula is C15H23ClN2O. The third-order valence-corrected chi connectivity index (χ3v) is 3.85. The highest BCUT2D eigenvalue weighted by Crippen LogP contribution is 2.33. The van der Waals surface area contributed by atoms with Crippen LogP contribution < -0.4 is 10.2 Å². The summed E-state index contributed by atoms with van der Waals surface area (Å²) in [4.78, 5) is 2.44. The predicted octanol–water partition coefficient (Wildman–Crippen LogP) is 3.06. The Balaban J connectivity index is 1.96. The van der Waals surface area contributed by atoms with Gasteiger partial charge in [-0.25, -0.2) is 0 Å². The van der Waals surface area contributed by atoms with Crippen LogP contribution in [0.1, 0.15) is 25.3 Å². The normalized spacial score (nSPS) is 14.7. The zero-order valence-corrected chi connectivity index (χ0v) is 12.5. The van der Waals surface area contributed by atoms with Crippen molar-refractivity contribution in [2.24, 2.45) is 0 Å². The summed E-state index contributed by atoms with van der Waals surface area (Å²) in [5.41, 5.74) is 2.39. The first-order valence-corrected chi connectivity index (χ1v) is 7.38. The van der Waals surface area contributed by atoms with Gasteiger partial charge in [0.25, 0.3) is 0 Å². The minimum absolute atomic E-state index is 0.723. The van der Waals surface area contributed by atoms with Crippen molar-refractivity contribution in [1.82, 2.24) is 5.32 Å². The van der Waals surface area contributed by atoms with Gasteiger partial charge in [0, 0.05) is 43.5 Å². The van der Waals surface area contributed by atoms with Crippen LogP contribution in [0.2, 0.25) is 5.02 Å². The van der Waals surface area contributed by atoms with Gasteiger partial charge in [-0.15, -0.1) is 0 Å². The lowest BCUT2D eigenvalue weighted by atomic mass is 10.2. The van der Waals surface area contributed by atoms with Crippen molar-refractivity contribution in [3.8, 4) is 0 Å². The Labute approximate surface area is 120 Å². The fraction of sp³-hybridized carbons (Fsp3) is 0.600. The molecule has 0 heterocycles. The van der Waals surface area contributed by atoms with Crippen molar-refractivity contribution in [3.63, 3.8) is 0 Å². The van der Waals surface area contributed by atoms with Crippen LogP contribution in [-0.4, -0.2) is 32.8 Å². The molecular weight excluding hydrogens is 260 g/mol. The number of hydrogen-bond acceptors (Lipinski definition) is 3. The summed E-state index contributed by atoms with van der Waals surface area (Å²) in [6.45, 7) is 5.61. The molecule has 0 saturated heterocycles. The van der Waals surface area contributed by atoms with Crippen molar-refractivity contribution in [1.29, 1.82) is 0 Å². The molecule has 1 aromatic carbocycles. The van der Waals surface area contributed by atoms with Crippen LogP contribution in [0.3, 0.4) is 0 Å². The molecule has 1 saturated carbocycles. The van der Waals surface area contributed by atoms with E-state index in [0.717, 1.165) is 42.9 Å². The molecule has 3 nitrogen and oxygen atoms in total. The molecule has 1 aromatic rings. The monoisotopic (exact) mass is 282 g/mol. The smallest absolute Gasteiger partial charge is 0.0587 e. The van der Waals surface area contributed by atoms with Gasteiger partial charge >= 0.3 is 0 Å². The minimum Gasteiger partial charge on any atom is -0.383 e. The number of rotatable bonds is 8. The van der Waals surface area contributed by atoms with Crippen molar-refractivity contribution in [2.45, 2.75) is 32.4 Å². The average Bonchev–Trinajstić information content (AvgIpc) is 3.22. The molecule has 1 aliphatic carbocycles. The fourth-order valence-corrected chi connectivity index (χ4v) is 2.53. The lowest BCUT2D eigenvalue weighted by Crippen LogP contribution is -2.25. The van der Waals surface area contributed by atoms with Gasteiger partial charge in [0.05, 0.1) is 6.61 Å². The molecule has 0 aromatic heterocycles. The maximum Gasteiger partial charge on any atom is 0.0587 e. The van der Waals surface area contributed by atoms with E-state index in [0.29, 0.717) is 0 Å². The van der Waals surface area contributed by atoms with Crippen LogP contribution in [0.4, 0.5) is 5.69 Å². The maximum absolute atomic E-state index is 6.37. The van der Waals surface area contributed by atoms with E-state index in [2.05, 4.69) is 35.3 Å². The van der Waals surface area contributed by atoms with Gasteiger partial charge in [-0.1, -0.05) is 17.7 Å². The van der Waals surface area contributed by atoms with E-state index in [1.807, 2.05) is 0 Å². The Hall–Kier alpha value is -0.770. The Morgan fingerprint density at radius 1 is 1.42 bits per heavy atom. The Morgan fingerprint density at radius 2 is 2.21 bits per heavy atom. The number of anilines is 1. The summed E-state index contributed by atoms with van der Waals surface area (Å²) in [6, 6.07) is 7.13. The largest absolute Gasteiger partial charge is 0.383 e. The molecule has 2 rings (SSSR count). The molecule has 0 atom stereocenters. The quantitative estimate of drug-likeness (QED) is 0.742. The van der Waals surface area contributed by atoms with Crippen molar-refractivity contribution < 1.29 is 4.74 Å². The lowest BCUT2D eigenvalue weighted by Gasteiger charge is -2.23. The molecule has 1 N–H and O–H groups in total. The first-order chi connectivity index (χ1) is 9.26. The van der Waals surface area contributed by atoms with E-state index < -0.39 is 0 Å². The van der Waals surface area contributed by atoms with E-state index in [9.17, 15) is 0 Å². The Kier molecular flexibility index (Phi) is 5.49. The molecule has 0 unspecified atom stereocenters. The molecule has 4 heteroatoms. The molecule has 106 valence electrons. The highest BCUT2D eigenvalue weighted by Gasteiger charge is 2.28. The van der Waals surface area contributed by atoms with E-state index in [1.54, 1.807) is 7.11 Å². The van der Waals surface area contributed by atoms with Crippen LogP contribution >= 0.6 is 11.6 Å². The zero-order valence-electron chi connectivity index (χ0n) is 11.8. The van der Waals surface area contributed by atoms with E-state index in [-0.39, 0.29) is 0 Å². The number of hydrogen-bond donors (Lipinski definition) is 1. The zero-order chi connectivity index (χ0) is 13.7. The van der Waals surface area contributed by atoms with Gasteiger partial charge in [0.15, 0.2) is 0 Å². The number of nitrogens with one attached hydrogen (secondary N) is 1. The van der Waals surface area contributed by atoms with Crippen LogP contribution in [0, 0.1) is 0 Å². The SMILES string of the molecule is CCN(c1ccc(CNCCOC)c(Cl)c1)C1CC1. The van der Waals surface area contributed by atoms with Gasteiger partial charge in [-0.2, -0.15) is 0 Å². The molecule has 0 aliphatic heterocycles. The third kappa shape index (κ3) is 4.10. The molecule has 1 aliphatic rings. The van der Waals surface area contributed by atoms with E-state index in [1.165, 1.54) is 18.5 Å². The molecule has 1 fully saturated rings.